The maximum absolute atomic E-state index is 6.15. The molecule has 0 aromatic heterocycles. The van der Waals surface area contributed by atoms with Crippen LogP contribution in [0.15, 0.2) is 12.1 Å². The molecule has 0 atom stereocenters. The first-order valence-corrected chi connectivity index (χ1v) is 7.22. The van der Waals surface area contributed by atoms with E-state index in [2.05, 4.69) is 22.0 Å². The standard InChI is InChI=1S/C13H14BrClO/c14-8-13(2-3-13)7-10-6-11(15)5-9-1-4-16-12(9)10/h5-6H,1-4,7-8H2. The molecule has 1 aliphatic carbocycles. The number of ether oxygens (including phenoxy) is 1. The SMILES string of the molecule is Clc1cc2c(c(CC3(CBr)CC3)c1)OCC2. The van der Waals surface area contributed by atoms with Crippen molar-refractivity contribution in [1.29, 1.82) is 0 Å². The molecule has 3 rings (SSSR count). The van der Waals surface area contributed by atoms with Crippen LogP contribution >= 0.6 is 27.5 Å². The summed E-state index contributed by atoms with van der Waals surface area (Å²) in [6.45, 7) is 0.810. The lowest BCUT2D eigenvalue weighted by atomic mass is 9.96. The molecule has 1 fully saturated rings. The molecule has 0 amide bonds. The number of alkyl halides is 1. The molecular formula is C13H14BrClO. The molecule has 3 heteroatoms. The zero-order chi connectivity index (χ0) is 11.2. The van der Waals surface area contributed by atoms with Crippen LogP contribution in [-0.2, 0) is 12.8 Å². The van der Waals surface area contributed by atoms with Gasteiger partial charge in [-0.05, 0) is 47.9 Å². The van der Waals surface area contributed by atoms with E-state index in [0.29, 0.717) is 5.41 Å². The molecule has 86 valence electrons. The zero-order valence-electron chi connectivity index (χ0n) is 9.06. The minimum Gasteiger partial charge on any atom is -0.493 e. The van der Waals surface area contributed by atoms with Crippen molar-refractivity contribution in [2.45, 2.75) is 25.7 Å². The number of benzene rings is 1. The second-order valence-corrected chi connectivity index (χ2v) is 5.96. The van der Waals surface area contributed by atoms with Crippen LogP contribution in [0.1, 0.15) is 24.0 Å². The minimum absolute atomic E-state index is 0.477. The number of halogens is 2. The van der Waals surface area contributed by atoms with Crippen molar-refractivity contribution in [2.75, 3.05) is 11.9 Å². The Morgan fingerprint density at radius 3 is 2.88 bits per heavy atom. The van der Waals surface area contributed by atoms with Crippen molar-refractivity contribution in [2.24, 2.45) is 5.41 Å². The van der Waals surface area contributed by atoms with Crippen LogP contribution in [0.2, 0.25) is 5.02 Å². The molecule has 16 heavy (non-hydrogen) atoms. The van der Waals surface area contributed by atoms with Gasteiger partial charge in [-0.25, -0.2) is 0 Å². The van der Waals surface area contributed by atoms with Gasteiger partial charge in [-0.3, -0.25) is 0 Å². The normalized spacial score (nSPS) is 20.4. The van der Waals surface area contributed by atoms with Gasteiger partial charge in [-0.15, -0.1) is 0 Å². The van der Waals surface area contributed by atoms with Crippen LogP contribution in [0, 0.1) is 5.41 Å². The van der Waals surface area contributed by atoms with E-state index >= 15 is 0 Å². The fraction of sp³-hybridized carbons (Fsp3) is 0.538. The topological polar surface area (TPSA) is 9.23 Å². The minimum atomic E-state index is 0.477. The molecule has 1 heterocycles. The lowest BCUT2D eigenvalue weighted by Crippen LogP contribution is -2.07. The van der Waals surface area contributed by atoms with Crippen molar-refractivity contribution < 1.29 is 4.74 Å². The molecule has 1 aliphatic heterocycles. The predicted molar refractivity (Wildman–Crippen MR) is 69.8 cm³/mol. The molecule has 0 bridgehead atoms. The highest BCUT2D eigenvalue weighted by molar-refractivity contribution is 9.09. The summed E-state index contributed by atoms with van der Waals surface area (Å²) in [6, 6.07) is 4.12. The van der Waals surface area contributed by atoms with Crippen LogP contribution in [0.4, 0.5) is 0 Å². The molecule has 1 saturated carbocycles. The Morgan fingerprint density at radius 1 is 1.38 bits per heavy atom. The molecule has 1 aromatic rings. The number of fused-ring (bicyclic) bond motifs is 1. The summed E-state index contributed by atoms with van der Waals surface area (Å²) >= 11 is 9.77. The van der Waals surface area contributed by atoms with Crippen molar-refractivity contribution >= 4 is 27.5 Å². The molecular weight excluding hydrogens is 287 g/mol. The Hall–Kier alpha value is -0.210. The maximum Gasteiger partial charge on any atom is 0.125 e. The van der Waals surface area contributed by atoms with Crippen LogP contribution in [-0.4, -0.2) is 11.9 Å². The van der Waals surface area contributed by atoms with Crippen molar-refractivity contribution in [3.63, 3.8) is 0 Å². The molecule has 1 aromatic carbocycles. The summed E-state index contributed by atoms with van der Waals surface area (Å²) in [5.41, 5.74) is 3.06. The van der Waals surface area contributed by atoms with Crippen molar-refractivity contribution in [3.05, 3.63) is 28.3 Å². The highest BCUT2D eigenvalue weighted by Crippen LogP contribution is 2.51. The summed E-state index contributed by atoms with van der Waals surface area (Å²) in [5.74, 6) is 1.11. The average molecular weight is 302 g/mol. The summed E-state index contributed by atoms with van der Waals surface area (Å²) in [6.07, 6.45) is 4.74. The largest absolute Gasteiger partial charge is 0.493 e. The van der Waals surface area contributed by atoms with Crippen LogP contribution in [0.25, 0.3) is 0 Å². The first-order valence-electron chi connectivity index (χ1n) is 5.73. The van der Waals surface area contributed by atoms with Gasteiger partial charge in [-0.1, -0.05) is 27.5 Å². The Kier molecular flexibility index (Phi) is 2.67. The van der Waals surface area contributed by atoms with Gasteiger partial charge in [-0.2, -0.15) is 0 Å². The molecule has 0 spiro atoms. The molecule has 1 nitrogen and oxygen atoms in total. The third-order valence-corrected chi connectivity index (χ3v) is 5.04. The summed E-state index contributed by atoms with van der Waals surface area (Å²) in [7, 11) is 0. The van der Waals surface area contributed by atoms with Gasteiger partial charge in [0, 0.05) is 16.8 Å². The molecule has 2 aliphatic rings. The van der Waals surface area contributed by atoms with E-state index in [0.717, 1.165) is 35.6 Å². The van der Waals surface area contributed by atoms with Gasteiger partial charge in [0.05, 0.1) is 6.61 Å². The Balaban J connectivity index is 1.94. The van der Waals surface area contributed by atoms with Gasteiger partial charge in [0.25, 0.3) is 0 Å². The fourth-order valence-electron chi connectivity index (χ4n) is 2.42. The van der Waals surface area contributed by atoms with E-state index in [9.17, 15) is 0 Å². The van der Waals surface area contributed by atoms with Gasteiger partial charge in [0.1, 0.15) is 5.75 Å². The van der Waals surface area contributed by atoms with E-state index in [-0.39, 0.29) is 0 Å². The smallest absolute Gasteiger partial charge is 0.125 e. The molecule has 0 saturated heterocycles. The lowest BCUT2D eigenvalue weighted by molar-refractivity contribution is 0.351. The lowest BCUT2D eigenvalue weighted by Gasteiger charge is -2.14. The first-order chi connectivity index (χ1) is 7.72. The fourth-order valence-corrected chi connectivity index (χ4v) is 3.44. The Labute approximate surface area is 109 Å². The average Bonchev–Trinajstić information content (AvgIpc) is 2.87. The quantitative estimate of drug-likeness (QED) is 0.767. The van der Waals surface area contributed by atoms with Gasteiger partial charge < -0.3 is 4.74 Å². The van der Waals surface area contributed by atoms with E-state index < -0.39 is 0 Å². The van der Waals surface area contributed by atoms with Crippen molar-refractivity contribution in [1.82, 2.24) is 0 Å². The highest BCUT2D eigenvalue weighted by Gasteiger charge is 2.42. The summed E-state index contributed by atoms with van der Waals surface area (Å²) < 4.78 is 5.73. The molecule has 0 unspecified atom stereocenters. The maximum atomic E-state index is 6.15. The molecule has 0 N–H and O–H groups in total. The summed E-state index contributed by atoms with van der Waals surface area (Å²) in [4.78, 5) is 0. The van der Waals surface area contributed by atoms with Crippen LogP contribution in [0.3, 0.4) is 0 Å². The predicted octanol–water partition coefficient (Wildman–Crippen LogP) is 3.99. The monoisotopic (exact) mass is 300 g/mol. The second kappa shape index (κ2) is 3.92. The summed E-state index contributed by atoms with van der Waals surface area (Å²) in [5, 5.41) is 1.94. The zero-order valence-corrected chi connectivity index (χ0v) is 11.4. The third kappa shape index (κ3) is 1.86. The van der Waals surface area contributed by atoms with Crippen molar-refractivity contribution in [3.8, 4) is 5.75 Å². The Morgan fingerprint density at radius 2 is 2.19 bits per heavy atom. The van der Waals surface area contributed by atoms with E-state index in [1.165, 1.54) is 24.0 Å². The van der Waals surface area contributed by atoms with Gasteiger partial charge >= 0.3 is 0 Å². The van der Waals surface area contributed by atoms with E-state index in [1.807, 2.05) is 6.07 Å². The van der Waals surface area contributed by atoms with Crippen LogP contribution < -0.4 is 4.74 Å². The van der Waals surface area contributed by atoms with Gasteiger partial charge in [0.2, 0.25) is 0 Å². The second-order valence-electron chi connectivity index (χ2n) is 4.96. The molecule has 0 radical (unpaired) electrons. The third-order valence-electron chi connectivity index (χ3n) is 3.63. The van der Waals surface area contributed by atoms with E-state index in [1.54, 1.807) is 0 Å². The van der Waals surface area contributed by atoms with Crippen LogP contribution in [0.5, 0.6) is 5.75 Å². The number of hydrogen-bond acceptors (Lipinski definition) is 1. The van der Waals surface area contributed by atoms with Gasteiger partial charge in [0.15, 0.2) is 0 Å². The number of hydrogen-bond donors (Lipinski definition) is 0. The first kappa shape index (κ1) is 10.9. The number of rotatable bonds is 3. The van der Waals surface area contributed by atoms with E-state index in [4.69, 9.17) is 16.3 Å². The Bertz CT molecular complexity index is 426. The highest BCUT2D eigenvalue weighted by atomic mass is 79.9.